The van der Waals surface area contributed by atoms with Crippen LogP contribution in [0.4, 0.5) is 0 Å². The van der Waals surface area contributed by atoms with Crippen molar-refractivity contribution in [3.8, 4) is 43.1 Å². The first-order valence-electron chi connectivity index (χ1n) is 12.6. The molecule has 0 atom stereocenters. The maximum Gasteiger partial charge on any atom is 0.0434 e. The smallest absolute Gasteiger partial charge is 0.0434 e. The summed E-state index contributed by atoms with van der Waals surface area (Å²) in [4.78, 5) is 2.63. The van der Waals surface area contributed by atoms with Crippen molar-refractivity contribution in [2.75, 3.05) is 0 Å². The molecule has 0 aliphatic heterocycles. The quantitative estimate of drug-likeness (QED) is 0.231. The third-order valence-corrected chi connectivity index (χ3v) is 8.41. The predicted molar refractivity (Wildman–Crippen MR) is 161 cm³/mol. The maximum atomic E-state index is 2.33. The van der Waals surface area contributed by atoms with Crippen molar-refractivity contribution in [1.29, 1.82) is 0 Å². The Kier molecular flexibility index (Phi) is 5.42. The Hall–Kier alpha value is -4.46. The molecular formula is C36H24S. The number of hydrogen-bond acceptors (Lipinski definition) is 1. The zero-order valence-corrected chi connectivity index (χ0v) is 21.1. The van der Waals surface area contributed by atoms with Crippen LogP contribution in [-0.4, -0.2) is 0 Å². The highest BCUT2D eigenvalue weighted by molar-refractivity contribution is 7.21. The van der Waals surface area contributed by atoms with Crippen LogP contribution in [0.1, 0.15) is 0 Å². The van der Waals surface area contributed by atoms with Crippen molar-refractivity contribution in [2.45, 2.75) is 0 Å². The highest BCUT2D eigenvalue weighted by Gasteiger charge is 2.18. The lowest BCUT2D eigenvalue weighted by Gasteiger charge is -2.12. The molecule has 1 heterocycles. The van der Waals surface area contributed by atoms with Gasteiger partial charge in [0.15, 0.2) is 0 Å². The molecule has 0 saturated heterocycles. The largest absolute Gasteiger partial charge is 0.134 e. The lowest BCUT2D eigenvalue weighted by atomic mass is 9.93. The van der Waals surface area contributed by atoms with Gasteiger partial charge in [0.2, 0.25) is 0 Å². The van der Waals surface area contributed by atoms with E-state index in [1.165, 1.54) is 64.7 Å². The minimum absolute atomic E-state index is 1.24. The van der Waals surface area contributed by atoms with Crippen LogP contribution in [0.25, 0.3) is 64.7 Å². The number of benzene rings is 6. The summed E-state index contributed by atoms with van der Waals surface area (Å²) in [5.41, 5.74) is 7.58. The Balaban J connectivity index is 1.44. The molecule has 0 fully saturated rings. The molecule has 6 aromatic carbocycles. The molecule has 1 aromatic heterocycles. The molecule has 7 rings (SSSR count). The lowest BCUT2D eigenvalue weighted by Crippen LogP contribution is -1.85. The first kappa shape index (κ1) is 21.8. The van der Waals surface area contributed by atoms with E-state index in [9.17, 15) is 0 Å². The molecule has 0 nitrogen and oxygen atoms in total. The summed E-state index contributed by atoms with van der Waals surface area (Å²) in [5.74, 6) is 0. The van der Waals surface area contributed by atoms with E-state index in [1.54, 1.807) is 0 Å². The Bertz CT molecular complexity index is 1870. The second-order valence-corrected chi connectivity index (χ2v) is 10.3. The maximum absolute atomic E-state index is 2.33. The monoisotopic (exact) mass is 488 g/mol. The minimum Gasteiger partial charge on any atom is -0.134 e. The number of fused-ring (bicyclic) bond motifs is 2. The highest BCUT2D eigenvalue weighted by atomic mass is 32.1. The van der Waals surface area contributed by atoms with Crippen molar-refractivity contribution in [3.63, 3.8) is 0 Å². The van der Waals surface area contributed by atoms with Crippen molar-refractivity contribution < 1.29 is 0 Å². The van der Waals surface area contributed by atoms with Crippen molar-refractivity contribution >= 4 is 32.9 Å². The molecule has 0 bridgehead atoms. The predicted octanol–water partition coefficient (Wildman–Crippen LogP) is 10.7. The van der Waals surface area contributed by atoms with Gasteiger partial charge in [0.25, 0.3) is 0 Å². The van der Waals surface area contributed by atoms with Gasteiger partial charge in [0, 0.05) is 26.1 Å². The number of hydrogen-bond donors (Lipinski definition) is 0. The number of thiophene rings is 1. The van der Waals surface area contributed by atoms with Crippen LogP contribution in [0, 0.1) is 0 Å². The zero-order valence-electron chi connectivity index (χ0n) is 20.3. The van der Waals surface area contributed by atoms with Gasteiger partial charge in [0.1, 0.15) is 0 Å². The highest BCUT2D eigenvalue weighted by Crippen LogP contribution is 2.47. The van der Waals surface area contributed by atoms with Gasteiger partial charge in [-0.3, -0.25) is 0 Å². The molecule has 1 heteroatoms. The normalized spacial score (nSPS) is 11.2. The first-order valence-corrected chi connectivity index (χ1v) is 13.4. The summed E-state index contributed by atoms with van der Waals surface area (Å²) < 4.78 is 0. The zero-order chi connectivity index (χ0) is 24.6. The van der Waals surface area contributed by atoms with Crippen LogP contribution in [0.15, 0.2) is 146 Å². The topological polar surface area (TPSA) is 0 Å². The van der Waals surface area contributed by atoms with Crippen molar-refractivity contribution in [1.82, 2.24) is 0 Å². The van der Waals surface area contributed by atoms with E-state index < -0.39 is 0 Å². The average molecular weight is 489 g/mol. The van der Waals surface area contributed by atoms with Gasteiger partial charge >= 0.3 is 0 Å². The molecule has 0 radical (unpaired) electrons. The molecule has 0 unspecified atom stereocenters. The minimum atomic E-state index is 1.24. The molecule has 0 aliphatic carbocycles. The third-order valence-electron chi connectivity index (χ3n) is 7.10. The van der Waals surface area contributed by atoms with Crippen LogP contribution in [0.5, 0.6) is 0 Å². The lowest BCUT2D eigenvalue weighted by molar-refractivity contribution is 1.62. The standard InChI is InChI=1S/C36H24S/c1-2-12-25(13-3-1)27-16-10-17-28(24-27)35-33-21-8-9-22-34(33)36(37-35)32-20-7-6-19-31(32)30-23-11-15-26-14-4-5-18-29(26)30/h1-24H. The van der Waals surface area contributed by atoms with Gasteiger partial charge in [-0.2, -0.15) is 0 Å². The fourth-order valence-electron chi connectivity index (χ4n) is 5.35. The molecule has 0 aliphatic rings. The van der Waals surface area contributed by atoms with Crippen LogP contribution in [0.2, 0.25) is 0 Å². The summed E-state index contributed by atoms with van der Waals surface area (Å²) >= 11 is 1.90. The summed E-state index contributed by atoms with van der Waals surface area (Å²) in [5, 5.41) is 5.17. The Labute approximate surface area is 221 Å². The third kappa shape index (κ3) is 3.85. The summed E-state index contributed by atoms with van der Waals surface area (Å²) in [7, 11) is 0. The van der Waals surface area contributed by atoms with Gasteiger partial charge in [0.05, 0.1) is 0 Å². The second kappa shape index (κ2) is 9.20. The number of rotatable bonds is 4. The van der Waals surface area contributed by atoms with E-state index in [4.69, 9.17) is 0 Å². The van der Waals surface area contributed by atoms with Crippen LogP contribution < -0.4 is 0 Å². The van der Waals surface area contributed by atoms with E-state index in [-0.39, 0.29) is 0 Å². The van der Waals surface area contributed by atoms with Gasteiger partial charge in [-0.05, 0) is 44.7 Å². The molecule has 7 aromatic rings. The van der Waals surface area contributed by atoms with Crippen molar-refractivity contribution in [3.05, 3.63) is 146 Å². The molecular weight excluding hydrogens is 464 g/mol. The van der Waals surface area contributed by atoms with Crippen LogP contribution in [-0.2, 0) is 0 Å². The van der Waals surface area contributed by atoms with Gasteiger partial charge in [-0.1, -0.05) is 140 Å². The Morgan fingerprint density at radius 3 is 1.70 bits per heavy atom. The van der Waals surface area contributed by atoms with E-state index in [1.807, 2.05) is 11.3 Å². The fraction of sp³-hybridized carbons (Fsp3) is 0. The van der Waals surface area contributed by atoms with Gasteiger partial charge in [-0.25, -0.2) is 0 Å². The van der Waals surface area contributed by atoms with Crippen LogP contribution >= 0.6 is 11.3 Å². The van der Waals surface area contributed by atoms with Gasteiger partial charge < -0.3 is 0 Å². The summed E-state index contributed by atoms with van der Waals surface area (Å²) in [6.07, 6.45) is 0. The summed E-state index contributed by atoms with van der Waals surface area (Å²) in [6.45, 7) is 0. The average Bonchev–Trinajstić information content (AvgIpc) is 3.37. The van der Waals surface area contributed by atoms with Crippen molar-refractivity contribution in [2.24, 2.45) is 0 Å². The molecule has 0 amide bonds. The Morgan fingerprint density at radius 2 is 0.865 bits per heavy atom. The van der Waals surface area contributed by atoms with E-state index in [2.05, 4.69) is 146 Å². The molecule has 0 N–H and O–H groups in total. The fourth-order valence-corrected chi connectivity index (χ4v) is 6.67. The molecule has 174 valence electrons. The molecule has 0 spiro atoms. The Morgan fingerprint density at radius 1 is 0.324 bits per heavy atom. The SMILES string of the molecule is c1ccc(-c2cccc(-c3sc(-c4ccccc4-c4cccc5ccccc45)c4ccccc34)c2)cc1. The van der Waals surface area contributed by atoms with E-state index >= 15 is 0 Å². The van der Waals surface area contributed by atoms with E-state index in [0.29, 0.717) is 0 Å². The molecule has 37 heavy (non-hydrogen) atoms. The second-order valence-electron chi connectivity index (χ2n) is 9.33. The molecule has 0 saturated carbocycles. The summed E-state index contributed by atoms with van der Waals surface area (Å²) in [6, 6.07) is 52.6. The van der Waals surface area contributed by atoms with E-state index in [0.717, 1.165) is 0 Å². The van der Waals surface area contributed by atoms with Crippen LogP contribution in [0.3, 0.4) is 0 Å². The van der Waals surface area contributed by atoms with Gasteiger partial charge in [-0.15, -0.1) is 11.3 Å². The first-order chi connectivity index (χ1) is 18.4.